The summed E-state index contributed by atoms with van der Waals surface area (Å²) < 4.78 is 0. The fraction of sp³-hybridized carbons (Fsp3) is 0.143. The predicted octanol–water partition coefficient (Wildman–Crippen LogP) is 1.19. The molecule has 0 amide bonds. The van der Waals surface area contributed by atoms with E-state index in [0.29, 0.717) is 5.69 Å². The second kappa shape index (κ2) is 2.94. The third-order valence-corrected chi connectivity index (χ3v) is 1.53. The van der Waals surface area contributed by atoms with E-state index in [2.05, 4.69) is 12.6 Å². The Labute approximate surface area is 65.1 Å². The van der Waals surface area contributed by atoms with Crippen LogP contribution in [0.25, 0.3) is 0 Å². The molecule has 0 spiro atoms. The summed E-state index contributed by atoms with van der Waals surface area (Å²) in [5, 5.41) is 8.94. The number of hydrogen-bond acceptors (Lipinski definition) is 3. The molecular weight excluding hydrogens is 146 g/mol. The van der Waals surface area contributed by atoms with Crippen LogP contribution in [0, 0.1) is 0 Å². The Bertz CT molecular complexity index is 207. The number of rotatable bonds is 1. The molecule has 1 rings (SSSR count). The maximum Gasteiger partial charge on any atom is 0.122 e. The quantitative estimate of drug-likeness (QED) is 0.324. The van der Waals surface area contributed by atoms with Gasteiger partial charge in [-0.05, 0) is 17.7 Å². The highest BCUT2D eigenvalue weighted by Crippen LogP contribution is 2.16. The van der Waals surface area contributed by atoms with Gasteiger partial charge in [-0.1, -0.05) is 12.1 Å². The molecule has 0 aliphatic carbocycles. The molecule has 0 heterocycles. The van der Waals surface area contributed by atoms with E-state index in [-0.39, 0.29) is 0 Å². The van der Waals surface area contributed by atoms with Crippen molar-refractivity contribution in [3.05, 3.63) is 29.8 Å². The Morgan fingerprint density at radius 1 is 1.30 bits per heavy atom. The molecule has 0 aromatic heterocycles. The lowest BCUT2D eigenvalue weighted by Gasteiger charge is -2.02. The highest BCUT2D eigenvalue weighted by atomic mass is 32.1. The van der Waals surface area contributed by atoms with Gasteiger partial charge in [0.25, 0.3) is 0 Å². The molecule has 0 radical (unpaired) electrons. The molecule has 0 aliphatic rings. The molecule has 1 atom stereocenters. The molecule has 1 unspecified atom stereocenters. The van der Waals surface area contributed by atoms with E-state index in [1.807, 2.05) is 0 Å². The van der Waals surface area contributed by atoms with E-state index >= 15 is 0 Å². The fourth-order valence-corrected chi connectivity index (χ4v) is 0.840. The molecule has 0 aliphatic heterocycles. The van der Waals surface area contributed by atoms with Gasteiger partial charge in [-0.2, -0.15) is 0 Å². The van der Waals surface area contributed by atoms with Gasteiger partial charge in [-0.3, -0.25) is 0 Å². The van der Waals surface area contributed by atoms with Crippen LogP contribution >= 0.6 is 12.6 Å². The molecule has 0 bridgehead atoms. The molecule has 0 saturated carbocycles. The summed E-state index contributed by atoms with van der Waals surface area (Å²) in [6.07, 6.45) is 0. The van der Waals surface area contributed by atoms with Gasteiger partial charge in [0, 0.05) is 5.69 Å². The number of hydrogen-bond donors (Lipinski definition) is 3. The Morgan fingerprint density at radius 2 is 1.80 bits per heavy atom. The van der Waals surface area contributed by atoms with Crippen molar-refractivity contribution in [2.45, 2.75) is 5.44 Å². The van der Waals surface area contributed by atoms with Crippen molar-refractivity contribution in [1.82, 2.24) is 0 Å². The third-order valence-electron chi connectivity index (χ3n) is 1.23. The maximum atomic E-state index is 8.94. The normalized spacial score (nSPS) is 13.0. The second-order valence-electron chi connectivity index (χ2n) is 2.04. The monoisotopic (exact) mass is 155 g/mol. The van der Waals surface area contributed by atoms with Crippen molar-refractivity contribution in [3.8, 4) is 0 Å². The van der Waals surface area contributed by atoms with Crippen LogP contribution < -0.4 is 5.73 Å². The maximum absolute atomic E-state index is 8.94. The molecule has 54 valence electrons. The standard InChI is InChI=1S/C7H9NOS/c8-6-3-1-5(2-4-6)7(9)10/h1-4,7,9-10H,8H2. The number of benzene rings is 1. The average molecular weight is 155 g/mol. The number of aliphatic hydroxyl groups excluding tert-OH is 1. The summed E-state index contributed by atoms with van der Waals surface area (Å²) in [6.45, 7) is 0. The molecule has 2 nitrogen and oxygen atoms in total. The zero-order valence-electron chi connectivity index (χ0n) is 5.36. The Hall–Kier alpha value is -0.670. The van der Waals surface area contributed by atoms with Gasteiger partial charge >= 0.3 is 0 Å². The number of thiol groups is 1. The molecule has 3 N–H and O–H groups in total. The summed E-state index contributed by atoms with van der Waals surface area (Å²) >= 11 is 3.84. The van der Waals surface area contributed by atoms with Gasteiger partial charge in [-0.25, -0.2) is 0 Å². The highest BCUT2D eigenvalue weighted by Gasteiger charge is 1.98. The van der Waals surface area contributed by atoms with Crippen LogP contribution in [0.15, 0.2) is 24.3 Å². The largest absolute Gasteiger partial charge is 0.399 e. The molecule has 0 saturated heterocycles. The topological polar surface area (TPSA) is 46.2 Å². The van der Waals surface area contributed by atoms with Crippen LogP contribution in [0.2, 0.25) is 0 Å². The Morgan fingerprint density at radius 3 is 2.20 bits per heavy atom. The first-order chi connectivity index (χ1) is 4.70. The predicted molar refractivity (Wildman–Crippen MR) is 44.8 cm³/mol. The SMILES string of the molecule is Nc1ccc(C(O)S)cc1. The summed E-state index contributed by atoms with van der Waals surface area (Å²) in [5.74, 6) is 0. The number of aliphatic hydroxyl groups is 1. The van der Waals surface area contributed by atoms with E-state index in [1.165, 1.54) is 0 Å². The van der Waals surface area contributed by atoms with Crippen molar-refractivity contribution < 1.29 is 5.11 Å². The summed E-state index contributed by atoms with van der Waals surface area (Å²) in [4.78, 5) is 0. The van der Waals surface area contributed by atoms with Gasteiger partial charge in [0.05, 0.1) is 0 Å². The summed E-state index contributed by atoms with van der Waals surface area (Å²) in [6, 6.07) is 6.95. The van der Waals surface area contributed by atoms with Gasteiger partial charge in [0.15, 0.2) is 0 Å². The van der Waals surface area contributed by atoms with Crippen molar-refractivity contribution in [2.75, 3.05) is 5.73 Å². The van der Waals surface area contributed by atoms with Crippen LogP contribution in [0.4, 0.5) is 5.69 Å². The van der Waals surface area contributed by atoms with Crippen LogP contribution in [-0.2, 0) is 0 Å². The van der Waals surface area contributed by atoms with Crippen LogP contribution in [0.3, 0.4) is 0 Å². The minimum Gasteiger partial charge on any atom is -0.399 e. The lowest BCUT2D eigenvalue weighted by molar-refractivity contribution is 0.272. The minimum absolute atomic E-state index is 0.692. The molecular formula is C7H9NOS. The minimum atomic E-state index is -0.708. The second-order valence-corrected chi connectivity index (χ2v) is 2.53. The first-order valence-electron chi connectivity index (χ1n) is 2.92. The zero-order valence-corrected chi connectivity index (χ0v) is 6.25. The van der Waals surface area contributed by atoms with Crippen molar-refractivity contribution in [2.24, 2.45) is 0 Å². The lowest BCUT2D eigenvalue weighted by atomic mass is 10.2. The average Bonchev–Trinajstić information content (AvgIpc) is 1.88. The first-order valence-corrected chi connectivity index (χ1v) is 3.43. The van der Waals surface area contributed by atoms with Crippen LogP contribution in [0.5, 0.6) is 0 Å². The molecule has 0 fully saturated rings. The Balaban J connectivity index is 2.89. The summed E-state index contributed by atoms with van der Waals surface area (Å²) in [5.41, 5.74) is 6.17. The van der Waals surface area contributed by atoms with E-state index in [4.69, 9.17) is 10.8 Å². The van der Waals surface area contributed by atoms with Crippen molar-refractivity contribution >= 4 is 18.3 Å². The van der Waals surface area contributed by atoms with E-state index < -0.39 is 5.44 Å². The number of nitrogen functional groups attached to an aromatic ring is 1. The first kappa shape index (κ1) is 7.44. The van der Waals surface area contributed by atoms with Crippen LogP contribution in [-0.4, -0.2) is 5.11 Å². The van der Waals surface area contributed by atoms with Gasteiger partial charge in [-0.15, -0.1) is 12.6 Å². The zero-order chi connectivity index (χ0) is 7.56. The van der Waals surface area contributed by atoms with Crippen molar-refractivity contribution in [3.63, 3.8) is 0 Å². The lowest BCUT2D eigenvalue weighted by Crippen LogP contribution is -1.89. The van der Waals surface area contributed by atoms with Crippen molar-refractivity contribution in [1.29, 1.82) is 0 Å². The molecule has 1 aromatic carbocycles. The van der Waals surface area contributed by atoms with E-state index in [9.17, 15) is 0 Å². The highest BCUT2D eigenvalue weighted by molar-refractivity contribution is 7.80. The van der Waals surface area contributed by atoms with E-state index in [0.717, 1.165) is 5.56 Å². The van der Waals surface area contributed by atoms with Gasteiger partial charge < -0.3 is 10.8 Å². The van der Waals surface area contributed by atoms with E-state index in [1.54, 1.807) is 24.3 Å². The third kappa shape index (κ3) is 1.65. The summed E-state index contributed by atoms with van der Waals surface area (Å²) in [7, 11) is 0. The smallest absolute Gasteiger partial charge is 0.122 e. The molecule has 1 aromatic rings. The number of nitrogens with two attached hydrogens (primary N) is 1. The van der Waals surface area contributed by atoms with Gasteiger partial charge in [0.2, 0.25) is 0 Å². The Kier molecular flexibility index (Phi) is 2.19. The van der Waals surface area contributed by atoms with Gasteiger partial charge in [0.1, 0.15) is 5.44 Å². The number of anilines is 1. The molecule has 10 heavy (non-hydrogen) atoms. The molecule has 3 heteroatoms. The fourth-order valence-electron chi connectivity index (χ4n) is 0.668. The van der Waals surface area contributed by atoms with Crippen LogP contribution in [0.1, 0.15) is 11.0 Å².